The highest BCUT2D eigenvalue weighted by Gasteiger charge is 2.18. The fourth-order valence-electron chi connectivity index (χ4n) is 2.28. The van der Waals surface area contributed by atoms with Crippen molar-refractivity contribution in [1.82, 2.24) is 5.32 Å². The predicted octanol–water partition coefficient (Wildman–Crippen LogP) is 5.53. The third kappa shape index (κ3) is 3.97. The first-order chi connectivity index (χ1) is 10.0. The maximum Gasteiger partial charge on any atom is 0.129 e. The number of benzene rings is 2. The van der Waals surface area contributed by atoms with Crippen LogP contribution in [-0.4, -0.2) is 6.54 Å². The van der Waals surface area contributed by atoms with Crippen molar-refractivity contribution in [2.45, 2.75) is 26.3 Å². The molecule has 1 nitrogen and oxygen atoms in total. The van der Waals surface area contributed by atoms with Gasteiger partial charge >= 0.3 is 0 Å². The molecular formula is C17H18Cl2FN. The van der Waals surface area contributed by atoms with Crippen LogP contribution in [0, 0.1) is 12.7 Å². The minimum Gasteiger partial charge on any atom is -0.306 e. The number of rotatable bonds is 5. The zero-order valence-electron chi connectivity index (χ0n) is 12.1. The first-order valence-corrected chi connectivity index (χ1v) is 7.73. The van der Waals surface area contributed by atoms with E-state index in [1.165, 1.54) is 6.07 Å². The Morgan fingerprint density at radius 2 is 1.90 bits per heavy atom. The maximum absolute atomic E-state index is 14.2. The van der Waals surface area contributed by atoms with E-state index in [1.54, 1.807) is 12.1 Å². The number of hydrogen-bond donors (Lipinski definition) is 1. The molecule has 1 unspecified atom stereocenters. The Hall–Kier alpha value is -1.09. The molecule has 0 fully saturated rings. The Kier molecular flexibility index (Phi) is 5.63. The summed E-state index contributed by atoms with van der Waals surface area (Å²) < 4.78 is 14.2. The molecule has 0 saturated carbocycles. The smallest absolute Gasteiger partial charge is 0.129 e. The van der Waals surface area contributed by atoms with Gasteiger partial charge < -0.3 is 5.32 Å². The van der Waals surface area contributed by atoms with Gasteiger partial charge in [-0.05, 0) is 49.2 Å². The van der Waals surface area contributed by atoms with E-state index in [0.29, 0.717) is 15.6 Å². The van der Waals surface area contributed by atoms with Gasteiger partial charge in [-0.15, -0.1) is 0 Å². The molecule has 0 aliphatic heterocycles. The van der Waals surface area contributed by atoms with Crippen molar-refractivity contribution in [3.05, 3.63) is 69.0 Å². The lowest BCUT2D eigenvalue weighted by Gasteiger charge is -2.21. The largest absolute Gasteiger partial charge is 0.306 e. The molecule has 0 heterocycles. The number of aryl methyl sites for hydroxylation is 1. The van der Waals surface area contributed by atoms with Gasteiger partial charge in [-0.2, -0.15) is 0 Å². The summed E-state index contributed by atoms with van der Waals surface area (Å²) >= 11 is 11.9. The van der Waals surface area contributed by atoms with Crippen molar-refractivity contribution in [3.8, 4) is 0 Å². The van der Waals surface area contributed by atoms with Crippen molar-refractivity contribution >= 4 is 23.2 Å². The first-order valence-electron chi connectivity index (χ1n) is 6.97. The van der Waals surface area contributed by atoms with Crippen LogP contribution in [0.4, 0.5) is 4.39 Å². The number of nitrogens with one attached hydrogen (secondary N) is 1. The lowest BCUT2D eigenvalue weighted by Crippen LogP contribution is -2.24. The molecule has 4 heteroatoms. The third-order valence-electron chi connectivity index (χ3n) is 3.39. The molecule has 0 amide bonds. The van der Waals surface area contributed by atoms with Crippen molar-refractivity contribution in [2.24, 2.45) is 0 Å². The van der Waals surface area contributed by atoms with Crippen LogP contribution in [0.3, 0.4) is 0 Å². The minimum absolute atomic E-state index is 0.210. The van der Waals surface area contributed by atoms with Crippen LogP contribution in [-0.2, 0) is 0 Å². The summed E-state index contributed by atoms with van der Waals surface area (Å²) in [6.45, 7) is 4.82. The number of hydrogen-bond acceptors (Lipinski definition) is 1. The van der Waals surface area contributed by atoms with Crippen molar-refractivity contribution < 1.29 is 4.39 Å². The molecule has 112 valence electrons. The van der Waals surface area contributed by atoms with Crippen LogP contribution in [0.1, 0.15) is 36.1 Å². The second-order valence-electron chi connectivity index (χ2n) is 5.06. The lowest BCUT2D eigenvalue weighted by molar-refractivity contribution is 0.546. The Morgan fingerprint density at radius 3 is 2.52 bits per heavy atom. The normalized spacial score (nSPS) is 12.4. The van der Waals surface area contributed by atoms with Crippen LogP contribution in [0.15, 0.2) is 36.4 Å². The highest BCUT2D eigenvalue weighted by atomic mass is 35.5. The SMILES string of the molecule is CCCNC(c1ccc(Cl)c(C)c1)c1ccc(Cl)cc1F. The van der Waals surface area contributed by atoms with E-state index in [-0.39, 0.29) is 11.9 Å². The van der Waals surface area contributed by atoms with E-state index in [9.17, 15) is 4.39 Å². The van der Waals surface area contributed by atoms with Gasteiger partial charge in [0.15, 0.2) is 0 Å². The summed E-state index contributed by atoms with van der Waals surface area (Å²) in [5.41, 5.74) is 2.56. The molecule has 0 bridgehead atoms. The zero-order chi connectivity index (χ0) is 15.4. The summed E-state index contributed by atoms with van der Waals surface area (Å²) in [6, 6.07) is 10.3. The van der Waals surface area contributed by atoms with Gasteiger partial charge in [0.25, 0.3) is 0 Å². The molecule has 1 atom stereocenters. The molecule has 2 aromatic rings. The fraction of sp³-hybridized carbons (Fsp3) is 0.294. The first kappa shape index (κ1) is 16.3. The average molecular weight is 326 g/mol. The van der Waals surface area contributed by atoms with Crippen molar-refractivity contribution in [3.63, 3.8) is 0 Å². The van der Waals surface area contributed by atoms with Crippen LogP contribution in [0.2, 0.25) is 10.0 Å². The van der Waals surface area contributed by atoms with E-state index >= 15 is 0 Å². The topological polar surface area (TPSA) is 12.0 Å². The van der Waals surface area contributed by atoms with Gasteiger partial charge in [-0.3, -0.25) is 0 Å². The molecule has 0 spiro atoms. The average Bonchev–Trinajstić information content (AvgIpc) is 2.44. The van der Waals surface area contributed by atoms with Crippen LogP contribution >= 0.6 is 23.2 Å². The molecule has 2 aromatic carbocycles. The minimum atomic E-state index is -0.302. The van der Waals surface area contributed by atoms with Crippen LogP contribution < -0.4 is 5.32 Å². The molecule has 0 aliphatic rings. The molecule has 0 aliphatic carbocycles. The molecular weight excluding hydrogens is 308 g/mol. The van der Waals surface area contributed by atoms with E-state index < -0.39 is 0 Å². The third-order valence-corrected chi connectivity index (χ3v) is 4.05. The summed E-state index contributed by atoms with van der Waals surface area (Å²) in [6.07, 6.45) is 0.971. The van der Waals surface area contributed by atoms with E-state index in [1.807, 2.05) is 25.1 Å². The van der Waals surface area contributed by atoms with Crippen molar-refractivity contribution in [1.29, 1.82) is 0 Å². The Labute approximate surface area is 135 Å². The molecule has 21 heavy (non-hydrogen) atoms. The molecule has 2 rings (SSSR count). The fourth-order valence-corrected chi connectivity index (χ4v) is 2.56. The Balaban J connectivity index is 2.44. The van der Waals surface area contributed by atoms with Gasteiger partial charge in [0.05, 0.1) is 6.04 Å². The zero-order valence-corrected chi connectivity index (χ0v) is 13.6. The van der Waals surface area contributed by atoms with Gasteiger partial charge in [0, 0.05) is 15.6 Å². The predicted molar refractivity (Wildman–Crippen MR) is 87.7 cm³/mol. The van der Waals surface area contributed by atoms with Gasteiger partial charge in [0.2, 0.25) is 0 Å². The Morgan fingerprint density at radius 1 is 1.14 bits per heavy atom. The monoisotopic (exact) mass is 325 g/mol. The summed E-state index contributed by atoms with van der Waals surface area (Å²) in [4.78, 5) is 0. The maximum atomic E-state index is 14.2. The Bertz CT molecular complexity index is 628. The summed E-state index contributed by atoms with van der Waals surface area (Å²) in [7, 11) is 0. The van der Waals surface area contributed by atoms with E-state index in [0.717, 1.165) is 24.1 Å². The molecule has 0 saturated heterocycles. The van der Waals surface area contributed by atoms with E-state index in [2.05, 4.69) is 12.2 Å². The highest BCUT2D eigenvalue weighted by molar-refractivity contribution is 6.31. The highest BCUT2D eigenvalue weighted by Crippen LogP contribution is 2.28. The summed E-state index contributed by atoms with van der Waals surface area (Å²) in [5, 5.41) is 4.50. The van der Waals surface area contributed by atoms with Gasteiger partial charge in [-0.1, -0.05) is 48.3 Å². The molecule has 1 N–H and O–H groups in total. The number of halogens is 3. The van der Waals surface area contributed by atoms with Crippen molar-refractivity contribution in [2.75, 3.05) is 6.54 Å². The second-order valence-corrected chi connectivity index (χ2v) is 5.91. The second kappa shape index (κ2) is 7.26. The van der Waals surface area contributed by atoms with Crippen LogP contribution in [0.5, 0.6) is 0 Å². The molecule has 0 aromatic heterocycles. The van der Waals surface area contributed by atoms with Gasteiger partial charge in [0.1, 0.15) is 5.82 Å². The lowest BCUT2D eigenvalue weighted by atomic mass is 9.96. The van der Waals surface area contributed by atoms with Gasteiger partial charge in [-0.25, -0.2) is 4.39 Å². The standard InChI is InChI=1S/C17H18Cl2FN/c1-3-8-21-17(12-4-7-15(19)11(2)9-12)14-6-5-13(18)10-16(14)20/h4-7,9-10,17,21H,3,8H2,1-2H3. The van der Waals surface area contributed by atoms with Crippen LogP contribution in [0.25, 0.3) is 0 Å². The van der Waals surface area contributed by atoms with E-state index in [4.69, 9.17) is 23.2 Å². The summed E-state index contributed by atoms with van der Waals surface area (Å²) in [5.74, 6) is -0.302. The quantitative estimate of drug-likeness (QED) is 0.762. The molecule has 0 radical (unpaired) electrons.